The van der Waals surface area contributed by atoms with Gasteiger partial charge < -0.3 is 5.73 Å². The summed E-state index contributed by atoms with van der Waals surface area (Å²) in [4.78, 5) is 2.53. The van der Waals surface area contributed by atoms with Gasteiger partial charge in [0.1, 0.15) is 0 Å². The van der Waals surface area contributed by atoms with Crippen molar-refractivity contribution < 1.29 is 0 Å². The Kier molecular flexibility index (Phi) is 4.79. The average molecular weight is 246 g/mol. The van der Waals surface area contributed by atoms with Gasteiger partial charge in [0, 0.05) is 25.7 Å². The predicted molar refractivity (Wildman–Crippen MR) is 77.4 cm³/mol. The Bertz CT molecular complexity index is 358. The summed E-state index contributed by atoms with van der Waals surface area (Å²) in [5, 5.41) is 0. The highest BCUT2D eigenvalue weighted by atomic mass is 15.1. The van der Waals surface area contributed by atoms with Crippen molar-refractivity contribution in [3.05, 3.63) is 35.4 Å². The highest BCUT2D eigenvalue weighted by molar-refractivity contribution is 5.21. The Hall–Kier alpha value is -0.860. The minimum absolute atomic E-state index is 0.362. The molecule has 0 aromatic heterocycles. The van der Waals surface area contributed by atoms with Gasteiger partial charge in [0.05, 0.1) is 0 Å². The molecule has 0 saturated carbocycles. The number of benzene rings is 1. The molecule has 2 rings (SSSR count). The van der Waals surface area contributed by atoms with Crippen LogP contribution in [0.1, 0.15) is 37.3 Å². The monoisotopic (exact) mass is 246 g/mol. The van der Waals surface area contributed by atoms with Crippen LogP contribution in [0.25, 0.3) is 0 Å². The molecule has 2 heteroatoms. The lowest BCUT2D eigenvalue weighted by Crippen LogP contribution is -2.46. The molecule has 2 atom stereocenters. The minimum Gasteiger partial charge on any atom is -0.327 e. The van der Waals surface area contributed by atoms with Crippen molar-refractivity contribution in [1.82, 2.24) is 4.90 Å². The van der Waals surface area contributed by atoms with Crippen LogP contribution in [-0.2, 0) is 6.54 Å². The second-order valence-corrected chi connectivity index (χ2v) is 5.83. The van der Waals surface area contributed by atoms with Crippen LogP contribution < -0.4 is 5.73 Å². The molecule has 1 aromatic carbocycles. The zero-order chi connectivity index (χ0) is 13.0. The molecule has 18 heavy (non-hydrogen) atoms. The van der Waals surface area contributed by atoms with Crippen LogP contribution in [0.5, 0.6) is 0 Å². The maximum absolute atomic E-state index is 6.18. The molecule has 1 aliphatic rings. The van der Waals surface area contributed by atoms with Crippen molar-refractivity contribution in [2.75, 3.05) is 13.1 Å². The van der Waals surface area contributed by atoms with Gasteiger partial charge in [0.25, 0.3) is 0 Å². The van der Waals surface area contributed by atoms with E-state index in [4.69, 9.17) is 5.73 Å². The fourth-order valence-electron chi connectivity index (χ4n) is 3.05. The van der Waals surface area contributed by atoms with Gasteiger partial charge in [-0.15, -0.1) is 0 Å². The normalized spacial score (nSPS) is 25.3. The number of nitrogens with zero attached hydrogens (tertiary/aromatic N) is 1. The minimum atomic E-state index is 0.362. The maximum atomic E-state index is 6.18. The molecule has 1 aliphatic heterocycles. The first kappa shape index (κ1) is 13.6. The van der Waals surface area contributed by atoms with Crippen molar-refractivity contribution in [3.63, 3.8) is 0 Å². The first-order valence-electron chi connectivity index (χ1n) is 7.21. The average Bonchev–Trinajstić information content (AvgIpc) is 2.32. The molecule has 1 aromatic rings. The number of aryl methyl sites for hydroxylation is 1. The van der Waals surface area contributed by atoms with Crippen molar-refractivity contribution in [1.29, 1.82) is 0 Å². The molecule has 1 saturated heterocycles. The standard InChI is InChI=1S/C16H26N2/c1-3-4-15-9-16(17)12-18(11-15)10-14-7-5-13(2)6-8-14/h5-8,15-16H,3-4,9-12,17H2,1-2H3. The van der Waals surface area contributed by atoms with Gasteiger partial charge >= 0.3 is 0 Å². The number of hydrogen-bond donors (Lipinski definition) is 1. The molecule has 1 fully saturated rings. The lowest BCUT2D eigenvalue weighted by Gasteiger charge is -2.36. The molecule has 1 heterocycles. The molecule has 0 aliphatic carbocycles. The first-order valence-corrected chi connectivity index (χ1v) is 7.21. The number of hydrogen-bond acceptors (Lipinski definition) is 2. The van der Waals surface area contributed by atoms with Crippen LogP contribution in [0.2, 0.25) is 0 Å². The van der Waals surface area contributed by atoms with E-state index in [-0.39, 0.29) is 0 Å². The summed E-state index contributed by atoms with van der Waals surface area (Å²) >= 11 is 0. The lowest BCUT2D eigenvalue weighted by molar-refractivity contribution is 0.144. The number of likely N-dealkylation sites (tertiary alicyclic amines) is 1. The number of nitrogens with two attached hydrogens (primary N) is 1. The fraction of sp³-hybridized carbons (Fsp3) is 0.625. The molecular formula is C16H26N2. The molecule has 2 N–H and O–H groups in total. The zero-order valence-electron chi connectivity index (χ0n) is 11.7. The van der Waals surface area contributed by atoms with Gasteiger partial charge in [0.15, 0.2) is 0 Å². The van der Waals surface area contributed by atoms with E-state index in [9.17, 15) is 0 Å². The van der Waals surface area contributed by atoms with Crippen LogP contribution in [0.4, 0.5) is 0 Å². The van der Waals surface area contributed by atoms with Crippen LogP contribution in [-0.4, -0.2) is 24.0 Å². The number of piperidine rings is 1. The van der Waals surface area contributed by atoms with Gasteiger partial charge in [0.2, 0.25) is 0 Å². The fourth-order valence-corrected chi connectivity index (χ4v) is 3.05. The highest BCUT2D eigenvalue weighted by Crippen LogP contribution is 2.21. The molecule has 0 spiro atoms. The summed E-state index contributed by atoms with van der Waals surface area (Å²) in [5.41, 5.74) is 8.92. The van der Waals surface area contributed by atoms with Crippen LogP contribution in [0, 0.1) is 12.8 Å². The second kappa shape index (κ2) is 6.35. The van der Waals surface area contributed by atoms with Gasteiger partial charge in [-0.1, -0.05) is 43.2 Å². The predicted octanol–water partition coefficient (Wildman–Crippen LogP) is 2.94. The van der Waals surface area contributed by atoms with Crippen molar-refractivity contribution in [2.45, 2.75) is 45.7 Å². The van der Waals surface area contributed by atoms with E-state index in [1.165, 1.54) is 36.9 Å². The quantitative estimate of drug-likeness (QED) is 0.885. The summed E-state index contributed by atoms with van der Waals surface area (Å²) in [6.45, 7) is 7.72. The number of rotatable bonds is 4. The third kappa shape index (κ3) is 3.82. The van der Waals surface area contributed by atoms with E-state index in [0.717, 1.165) is 19.0 Å². The SMILES string of the molecule is CCCC1CC(N)CN(Cc2ccc(C)cc2)C1. The Morgan fingerprint density at radius 2 is 1.94 bits per heavy atom. The summed E-state index contributed by atoms with van der Waals surface area (Å²) in [7, 11) is 0. The van der Waals surface area contributed by atoms with Crippen molar-refractivity contribution >= 4 is 0 Å². The summed E-state index contributed by atoms with van der Waals surface area (Å²) in [6, 6.07) is 9.24. The molecule has 2 nitrogen and oxygen atoms in total. The molecule has 0 radical (unpaired) electrons. The Balaban J connectivity index is 1.93. The van der Waals surface area contributed by atoms with Crippen molar-refractivity contribution in [3.8, 4) is 0 Å². The van der Waals surface area contributed by atoms with E-state index in [2.05, 4.69) is 43.0 Å². The van der Waals surface area contributed by atoms with E-state index < -0.39 is 0 Å². The second-order valence-electron chi connectivity index (χ2n) is 5.83. The van der Waals surface area contributed by atoms with Crippen LogP contribution in [0.15, 0.2) is 24.3 Å². The van der Waals surface area contributed by atoms with E-state index in [1.54, 1.807) is 0 Å². The molecule has 0 amide bonds. The molecular weight excluding hydrogens is 220 g/mol. The third-order valence-electron chi connectivity index (χ3n) is 3.87. The molecule has 100 valence electrons. The van der Waals surface area contributed by atoms with Gasteiger partial charge in [-0.3, -0.25) is 4.90 Å². The van der Waals surface area contributed by atoms with Crippen LogP contribution >= 0.6 is 0 Å². The smallest absolute Gasteiger partial charge is 0.0234 e. The topological polar surface area (TPSA) is 29.3 Å². The largest absolute Gasteiger partial charge is 0.327 e. The molecule has 0 bridgehead atoms. The van der Waals surface area contributed by atoms with E-state index in [0.29, 0.717) is 6.04 Å². The van der Waals surface area contributed by atoms with E-state index >= 15 is 0 Å². The van der Waals surface area contributed by atoms with Gasteiger partial charge in [-0.25, -0.2) is 0 Å². The summed E-state index contributed by atoms with van der Waals surface area (Å²) < 4.78 is 0. The van der Waals surface area contributed by atoms with Gasteiger partial charge in [-0.2, -0.15) is 0 Å². The highest BCUT2D eigenvalue weighted by Gasteiger charge is 2.24. The summed E-state index contributed by atoms with van der Waals surface area (Å²) in [6.07, 6.45) is 3.80. The third-order valence-corrected chi connectivity index (χ3v) is 3.87. The molecule has 2 unspecified atom stereocenters. The Labute approximate surface area is 111 Å². The van der Waals surface area contributed by atoms with Gasteiger partial charge in [-0.05, 0) is 31.2 Å². The summed E-state index contributed by atoms with van der Waals surface area (Å²) in [5.74, 6) is 0.796. The first-order chi connectivity index (χ1) is 8.67. The van der Waals surface area contributed by atoms with E-state index in [1.807, 2.05) is 0 Å². The van der Waals surface area contributed by atoms with Crippen LogP contribution in [0.3, 0.4) is 0 Å². The maximum Gasteiger partial charge on any atom is 0.0234 e. The Morgan fingerprint density at radius 1 is 1.22 bits per heavy atom. The Morgan fingerprint density at radius 3 is 2.61 bits per heavy atom. The zero-order valence-corrected chi connectivity index (χ0v) is 11.7. The van der Waals surface area contributed by atoms with Crippen molar-refractivity contribution in [2.24, 2.45) is 11.7 Å². The lowest BCUT2D eigenvalue weighted by atomic mass is 9.91.